The Kier molecular flexibility index (Phi) is 6.03. The first kappa shape index (κ1) is 23.6. The van der Waals surface area contributed by atoms with Crippen molar-refractivity contribution in [3.8, 4) is 5.88 Å². The number of methoxy groups -OCH3 is 1. The van der Waals surface area contributed by atoms with Crippen LogP contribution < -0.4 is 10.5 Å². The molecule has 3 rings (SSSR count). The van der Waals surface area contributed by atoms with Gasteiger partial charge in [0, 0.05) is 23.6 Å². The molecule has 0 aliphatic carbocycles. The zero-order valence-electron chi connectivity index (χ0n) is 18.0. The van der Waals surface area contributed by atoms with Gasteiger partial charge in [-0.05, 0) is 44.5 Å². The maximum atomic E-state index is 14.7. The van der Waals surface area contributed by atoms with Crippen LogP contribution in [-0.2, 0) is 16.7 Å². The average molecular weight is 453 g/mol. The normalized spacial score (nSPS) is 23.6. The molecule has 172 valence electrons. The molecule has 0 unspecified atom stereocenters. The second-order valence-corrected chi connectivity index (χ2v) is 7.99. The molecule has 1 aliphatic heterocycles. The van der Waals surface area contributed by atoms with Crippen molar-refractivity contribution >= 4 is 11.6 Å². The third-order valence-electron chi connectivity index (χ3n) is 5.58. The molecular weight excluding hydrogens is 430 g/mol. The van der Waals surface area contributed by atoms with Crippen molar-refractivity contribution < 1.29 is 31.8 Å². The summed E-state index contributed by atoms with van der Waals surface area (Å²) in [6, 6.07) is 7.13. The smallest absolute Gasteiger partial charge is 0.424 e. The summed E-state index contributed by atoms with van der Waals surface area (Å²) >= 11 is 0. The van der Waals surface area contributed by atoms with E-state index in [1.54, 1.807) is 19.1 Å². The maximum Gasteiger partial charge on any atom is 0.424 e. The van der Waals surface area contributed by atoms with E-state index in [0.717, 1.165) is 13.0 Å². The fourth-order valence-electron chi connectivity index (χ4n) is 3.45. The van der Waals surface area contributed by atoms with Gasteiger partial charge >= 0.3 is 6.18 Å². The van der Waals surface area contributed by atoms with E-state index in [9.17, 15) is 22.4 Å². The number of rotatable bonds is 5. The first-order valence-electron chi connectivity index (χ1n) is 9.71. The van der Waals surface area contributed by atoms with E-state index in [1.807, 2.05) is 0 Å². The number of amidine groups is 1. The van der Waals surface area contributed by atoms with Crippen LogP contribution in [0.15, 0.2) is 35.3 Å². The fourth-order valence-corrected chi connectivity index (χ4v) is 3.45. The molecule has 6 nitrogen and oxygen atoms in total. The number of aromatic nitrogens is 1. The van der Waals surface area contributed by atoms with Gasteiger partial charge in [0.15, 0.2) is 5.78 Å². The summed E-state index contributed by atoms with van der Waals surface area (Å²) in [6.45, 7) is 3.33. The first-order chi connectivity index (χ1) is 14.8. The number of ether oxygens (including phenoxy) is 2. The Balaban J connectivity index is 1.92. The monoisotopic (exact) mass is 453 g/mol. The Hall–Kier alpha value is -3.01. The number of Topliss-reactive ketones (excluding diaryl/α,β-unsaturated/α-hetero) is 1. The van der Waals surface area contributed by atoms with Crippen LogP contribution in [0.1, 0.15) is 41.0 Å². The number of hydrogen-bond donors (Lipinski definition) is 1. The summed E-state index contributed by atoms with van der Waals surface area (Å²) in [5.41, 5.74) is 2.67. The van der Waals surface area contributed by atoms with Crippen LogP contribution in [0.25, 0.3) is 0 Å². The van der Waals surface area contributed by atoms with Crippen molar-refractivity contribution in [1.82, 2.24) is 4.98 Å². The minimum atomic E-state index is -4.78. The Morgan fingerprint density at radius 3 is 2.50 bits per heavy atom. The molecule has 2 atom stereocenters. The van der Waals surface area contributed by atoms with Gasteiger partial charge in [0.1, 0.15) is 17.2 Å². The van der Waals surface area contributed by atoms with Crippen molar-refractivity contribution in [3.63, 3.8) is 0 Å². The molecule has 2 aromatic rings. The lowest BCUT2D eigenvalue weighted by atomic mass is 9.88. The lowest BCUT2D eigenvalue weighted by Gasteiger charge is -2.41. The molecule has 0 fully saturated rings. The van der Waals surface area contributed by atoms with Crippen molar-refractivity contribution in [2.45, 2.75) is 44.5 Å². The molecule has 2 heterocycles. The number of carbonyl (C=O) groups is 1. The zero-order valence-corrected chi connectivity index (χ0v) is 18.0. The molecule has 32 heavy (non-hydrogen) atoms. The molecule has 10 heteroatoms. The van der Waals surface area contributed by atoms with E-state index in [-0.39, 0.29) is 17.8 Å². The number of pyridine rings is 1. The number of halogens is 4. The third-order valence-corrected chi connectivity index (χ3v) is 5.58. The number of nitrogens with two attached hydrogens (primary N) is 1. The quantitative estimate of drug-likeness (QED) is 0.548. The van der Waals surface area contributed by atoms with E-state index in [2.05, 4.69) is 9.98 Å². The Labute approximate surface area is 182 Å². The topological polar surface area (TPSA) is 86.8 Å². The van der Waals surface area contributed by atoms with Crippen LogP contribution in [-0.4, -0.2) is 42.1 Å². The number of carbonyl (C=O) groups excluding carboxylic acids is 1. The second-order valence-electron chi connectivity index (χ2n) is 7.99. The number of benzene rings is 1. The van der Waals surface area contributed by atoms with Crippen LogP contribution in [0.4, 0.5) is 17.6 Å². The summed E-state index contributed by atoms with van der Waals surface area (Å²) in [5, 5.41) is 0. The lowest BCUT2D eigenvalue weighted by molar-refractivity contribution is -0.249. The number of nitrogens with zero attached hydrogens (tertiary/aromatic N) is 2. The predicted octanol–water partition coefficient (Wildman–Crippen LogP) is 3.89. The number of aliphatic imine (C=N–C) groups is 1. The number of aryl methyl sites for hydroxylation is 1. The number of ketones is 1. The molecule has 0 spiro atoms. The number of hydrogen-bond acceptors (Lipinski definition) is 6. The zero-order chi connectivity index (χ0) is 23.9. The van der Waals surface area contributed by atoms with E-state index >= 15 is 0 Å². The van der Waals surface area contributed by atoms with Crippen LogP contribution in [0.3, 0.4) is 0 Å². The highest BCUT2D eigenvalue weighted by molar-refractivity contribution is 5.98. The van der Waals surface area contributed by atoms with Gasteiger partial charge < -0.3 is 15.2 Å². The third kappa shape index (κ3) is 4.19. The lowest BCUT2D eigenvalue weighted by Crippen LogP contribution is -2.60. The molecule has 0 saturated carbocycles. The molecular formula is C22H23F4N3O3. The first-order valence-corrected chi connectivity index (χ1v) is 9.71. The summed E-state index contributed by atoms with van der Waals surface area (Å²) in [6.07, 6.45) is -4.85. The van der Waals surface area contributed by atoms with Crippen molar-refractivity contribution in [2.75, 3.05) is 13.7 Å². The van der Waals surface area contributed by atoms with Gasteiger partial charge in [-0.3, -0.25) is 9.79 Å². The predicted molar refractivity (Wildman–Crippen MR) is 109 cm³/mol. The van der Waals surface area contributed by atoms with Crippen molar-refractivity contribution in [1.29, 1.82) is 0 Å². The highest BCUT2D eigenvalue weighted by Gasteiger charge is 2.59. The van der Waals surface area contributed by atoms with Gasteiger partial charge in [-0.25, -0.2) is 9.37 Å². The van der Waals surface area contributed by atoms with Crippen LogP contribution in [0, 0.1) is 12.7 Å². The standard InChI is InChI=1S/C22H23F4N3O3/c1-12-14(6-8-18(28-12)31-4)17(30)10-13-5-7-16(23)15(9-13)20(2)11-32-21(3,19(27)29-20)22(24,25)26/h5-9H,10-11H2,1-4H3,(H2,27,29)/t20-,21+/m0/s1. The second kappa shape index (κ2) is 8.16. The van der Waals surface area contributed by atoms with Gasteiger partial charge in [-0.1, -0.05) is 6.07 Å². The van der Waals surface area contributed by atoms with E-state index in [4.69, 9.17) is 15.2 Å². The minimum Gasteiger partial charge on any atom is -0.481 e. The highest BCUT2D eigenvalue weighted by atomic mass is 19.4. The Morgan fingerprint density at radius 2 is 1.94 bits per heavy atom. The van der Waals surface area contributed by atoms with Crippen LogP contribution in [0.5, 0.6) is 5.88 Å². The van der Waals surface area contributed by atoms with E-state index in [0.29, 0.717) is 22.7 Å². The minimum absolute atomic E-state index is 0.0143. The molecule has 1 aliphatic rings. The van der Waals surface area contributed by atoms with Crippen LogP contribution >= 0.6 is 0 Å². The molecule has 0 saturated heterocycles. The van der Waals surface area contributed by atoms with Gasteiger partial charge in [0.2, 0.25) is 11.5 Å². The molecule has 2 N–H and O–H groups in total. The maximum absolute atomic E-state index is 14.7. The van der Waals surface area contributed by atoms with Gasteiger partial charge in [0.05, 0.1) is 19.4 Å². The average Bonchev–Trinajstić information content (AvgIpc) is 2.71. The van der Waals surface area contributed by atoms with Gasteiger partial charge in [-0.15, -0.1) is 0 Å². The summed E-state index contributed by atoms with van der Waals surface area (Å²) in [7, 11) is 1.46. The molecule has 1 aromatic carbocycles. The molecule has 0 amide bonds. The summed E-state index contributed by atoms with van der Waals surface area (Å²) in [5.74, 6) is -1.37. The largest absolute Gasteiger partial charge is 0.481 e. The fraction of sp³-hybridized carbons (Fsp3) is 0.409. The van der Waals surface area contributed by atoms with E-state index < -0.39 is 35.6 Å². The van der Waals surface area contributed by atoms with E-state index in [1.165, 1.54) is 26.2 Å². The molecule has 1 aromatic heterocycles. The SMILES string of the molecule is COc1ccc(C(=O)Cc2ccc(F)c([C@]3(C)CO[C@@](C)(C(F)(F)F)C(N)=N3)c2)c(C)n1. The Bertz CT molecular complexity index is 1090. The molecule has 0 bridgehead atoms. The summed E-state index contributed by atoms with van der Waals surface area (Å²) < 4.78 is 64.8. The van der Waals surface area contributed by atoms with Crippen molar-refractivity contribution in [2.24, 2.45) is 10.7 Å². The van der Waals surface area contributed by atoms with Gasteiger partial charge in [0.25, 0.3) is 0 Å². The summed E-state index contributed by atoms with van der Waals surface area (Å²) in [4.78, 5) is 20.9. The molecule has 0 radical (unpaired) electrons. The number of alkyl halides is 3. The Morgan fingerprint density at radius 1 is 1.25 bits per heavy atom. The highest BCUT2D eigenvalue weighted by Crippen LogP contribution is 2.41. The van der Waals surface area contributed by atoms with Gasteiger partial charge in [-0.2, -0.15) is 13.2 Å². The van der Waals surface area contributed by atoms with Crippen LogP contribution in [0.2, 0.25) is 0 Å². The van der Waals surface area contributed by atoms with Crippen molar-refractivity contribution in [3.05, 3.63) is 58.5 Å².